The standard InChI is InChI=1S/C45H55N7O6/c1-44(2,3)57-42(53)49-22-24-52(43(54)58-45(4,5)6)23-10-8-7-9-19-46-35(29-55-36-25-33-17-15-31-13-11-20-47-38(31)40(33)50-27-36)30-56-37-26-34-18-16-32-14-12-21-48-39(32)41(34)51-28-37/h11-18,20-21,25-28,35,46H,7-10,19,22-24,29-30H2,1-6H3,(H,49,53). The molecule has 58 heavy (non-hydrogen) atoms. The molecule has 6 rings (SSSR count). The predicted octanol–water partition coefficient (Wildman–Crippen LogP) is 8.62. The smallest absolute Gasteiger partial charge is 0.410 e. The van der Waals surface area contributed by atoms with Crippen molar-refractivity contribution in [2.75, 3.05) is 39.4 Å². The molecule has 0 saturated carbocycles. The summed E-state index contributed by atoms with van der Waals surface area (Å²) in [6.07, 6.45) is 9.70. The van der Waals surface area contributed by atoms with E-state index in [9.17, 15) is 9.59 Å². The van der Waals surface area contributed by atoms with Crippen LogP contribution in [-0.4, -0.2) is 93.7 Å². The largest absolute Gasteiger partial charge is 0.490 e. The van der Waals surface area contributed by atoms with Crippen molar-refractivity contribution in [2.24, 2.45) is 0 Å². The summed E-state index contributed by atoms with van der Waals surface area (Å²) in [7, 11) is 0. The number of carbonyl (C=O) groups is 2. The van der Waals surface area contributed by atoms with Crippen molar-refractivity contribution in [2.45, 2.75) is 84.5 Å². The lowest BCUT2D eigenvalue weighted by atomic mass is 10.1. The number of unbranched alkanes of at least 4 members (excludes halogenated alkanes) is 3. The van der Waals surface area contributed by atoms with E-state index in [4.69, 9.17) is 28.9 Å². The molecular formula is C45H55N7O6. The van der Waals surface area contributed by atoms with Gasteiger partial charge < -0.3 is 34.5 Å². The highest BCUT2D eigenvalue weighted by molar-refractivity contribution is 6.03. The number of aromatic nitrogens is 4. The van der Waals surface area contributed by atoms with Gasteiger partial charge in [0, 0.05) is 53.6 Å². The number of hydrogen-bond donors (Lipinski definition) is 2. The average Bonchev–Trinajstić information content (AvgIpc) is 3.18. The highest BCUT2D eigenvalue weighted by Gasteiger charge is 2.23. The quantitative estimate of drug-likeness (QED) is 0.0676. The van der Waals surface area contributed by atoms with Crippen LogP contribution in [0, 0.1) is 0 Å². The number of nitrogens with zero attached hydrogens (tertiary/aromatic N) is 5. The maximum absolute atomic E-state index is 13.0. The number of ether oxygens (including phenoxy) is 4. The van der Waals surface area contributed by atoms with Gasteiger partial charge in [-0.15, -0.1) is 0 Å². The van der Waals surface area contributed by atoms with Crippen molar-refractivity contribution in [1.82, 2.24) is 35.5 Å². The molecule has 0 unspecified atom stereocenters. The van der Waals surface area contributed by atoms with Crippen LogP contribution in [0.4, 0.5) is 9.59 Å². The molecule has 0 spiro atoms. The number of amides is 2. The van der Waals surface area contributed by atoms with Gasteiger partial charge in [0.25, 0.3) is 0 Å². The summed E-state index contributed by atoms with van der Waals surface area (Å²) in [6.45, 7) is 13.5. The summed E-state index contributed by atoms with van der Waals surface area (Å²) < 4.78 is 23.6. The second kappa shape index (κ2) is 19.1. The molecule has 4 aromatic heterocycles. The molecule has 2 N–H and O–H groups in total. The van der Waals surface area contributed by atoms with Gasteiger partial charge in [0.1, 0.15) is 35.9 Å². The molecule has 2 aromatic carbocycles. The fraction of sp³-hybridized carbons (Fsp3) is 0.422. The molecular weight excluding hydrogens is 735 g/mol. The van der Waals surface area contributed by atoms with Crippen molar-refractivity contribution < 1.29 is 28.5 Å². The van der Waals surface area contributed by atoms with Gasteiger partial charge in [-0.1, -0.05) is 49.2 Å². The Labute approximate surface area is 339 Å². The molecule has 0 fully saturated rings. The highest BCUT2D eigenvalue weighted by atomic mass is 16.6. The number of fused-ring (bicyclic) bond motifs is 6. The first-order valence-corrected chi connectivity index (χ1v) is 20.0. The van der Waals surface area contributed by atoms with Crippen molar-refractivity contribution in [1.29, 1.82) is 0 Å². The Kier molecular flexibility index (Phi) is 13.8. The van der Waals surface area contributed by atoms with Crippen LogP contribution in [0.5, 0.6) is 11.5 Å². The minimum absolute atomic E-state index is 0.136. The summed E-state index contributed by atoms with van der Waals surface area (Å²) in [5.41, 5.74) is 2.16. The minimum Gasteiger partial charge on any atom is -0.490 e. The number of carbonyl (C=O) groups excluding carboxylic acids is 2. The topological polar surface area (TPSA) is 150 Å². The van der Waals surface area contributed by atoms with E-state index in [1.54, 1.807) is 29.7 Å². The van der Waals surface area contributed by atoms with Crippen LogP contribution in [0.2, 0.25) is 0 Å². The Morgan fingerprint density at radius 3 is 1.69 bits per heavy atom. The molecule has 306 valence electrons. The van der Waals surface area contributed by atoms with E-state index in [0.717, 1.165) is 75.8 Å². The van der Waals surface area contributed by atoms with Crippen LogP contribution in [0.15, 0.2) is 85.5 Å². The van der Waals surface area contributed by atoms with Gasteiger partial charge in [-0.2, -0.15) is 0 Å². The van der Waals surface area contributed by atoms with Gasteiger partial charge in [-0.3, -0.25) is 19.9 Å². The Balaban J connectivity index is 1.03. The molecule has 2 amide bonds. The summed E-state index contributed by atoms with van der Waals surface area (Å²) in [5, 5.41) is 10.4. The van der Waals surface area contributed by atoms with Gasteiger partial charge in [-0.05, 0) is 85.2 Å². The van der Waals surface area contributed by atoms with Gasteiger partial charge in [0.05, 0.1) is 40.5 Å². The number of rotatable bonds is 17. The zero-order valence-electron chi connectivity index (χ0n) is 34.4. The maximum Gasteiger partial charge on any atom is 0.410 e. The van der Waals surface area contributed by atoms with Crippen LogP contribution < -0.4 is 20.1 Å². The number of pyridine rings is 4. The summed E-state index contributed by atoms with van der Waals surface area (Å²) >= 11 is 0. The average molecular weight is 790 g/mol. The van der Waals surface area contributed by atoms with E-state index in [2.05, 4.69) is 20.6 Å². The lowest BCUT2D eigenvalue weighted by molar-refractivity contribution is 0.0237. The Morgan fingerprint density at radius 2 is 1.14 bits per heavy atom. The second-order valence-electron chi connectivity index (χ2n) is 16.4. The fourth-order valence-corrected chi connectivity index (χ4v) is 6.47. The van der Waals surface area contributed by atoms with Gasteiger partial charge in [-0.25, -0.2) is 9.59 Å². The van der Waals surface area contributed by atoms with E-state index in [-0.39, 0.29) is 12.6 Å². The van der Waals surface area contributed by atoms with Crippen LogP contribution in [0.3, 0.4) is 0 Å². The number of hydrogen-bond acceptors (Lipinski definition) is 11. The molecule has 4 heterocycles. The molecule has 0 saturated heterocycles. The molecule has 0 atom stereocenters. The lowest BCUT2D eigenvalue weighted by Crippen LogP contribution is -2.42. The van der Waals surface area contributed by atoms with Gasteiger partial charge >= 0.3 is 12.2 Å². The highest BCUT2D eigenvalue weighted by Crippen LogP contribution is 2.26. The molecule has 0 aliphatic carbocycles. The van der Waals surface area contributed by atoms with Crippen molar-refractivity contribution in [3.63, 3.8) is 0 Å². The SMILES string of the molecule is CC(C)(C)OC(=O)NCCN(CCCCCCNC(COc1cnc2c(ccc3cccnc32)c1)COc1cnc2c(ccc3cccnc32)c1)C(=O)OC(C)(C)C. The van der Waals surface area contributed by atoms with Gasteiger partial charge in [0.15, 0.2) is 0 Å². The molecule has 0 aliphatic heterocycles. The first-order valence-electron chi connectivity index (χ1n) is 20.0. The van der Waals surface area contributed by atoms with Crippen molar-refractivity contribution in [3.05, 3.63) is 85.5 Å². The molecule has 0 aliphatic rings. The van der Waals surface area contributed by atoms with Crippen LogP contribution in [-0.2, 0) is 9.47 Å². The van der Waals surface area contributed by atoms with E-state index >= 15 is 0 Å². The van der Waals surface area contributed by atoms with Gasteiger partial charge in [0.2, 0.25) is 0 Å². The fourth-order valence-electron chi connectivity index (χ4n) is 6.47. The molecule has 13 heteroatoms. The second-order valence-corrected chi connectivity index (χ2v) is 16.4. The monoisotopic (exact) mass is 789 g/mol. The normalized spacial score (nSPS) is 12.0. The third kappa shape index (κ3) is 12.1. The zero-order chi connectivity index (χ0) is 41.1. The molecule has 0 bridgehead atoms. The molecule has 13 nitrogen and oxygen atoms in total. The van der Waals surface area contributed by atoms with E-state index in [1.165, 1.54) is 0 Å². The number of alkyl carbamates (subject to hydrolysis) is 1. The van der Waals surface area contributed by atoms with E-state index in [1.807, 2.05) is 102 Å². The summed E-state index contributed by atoms with van der Waals surface area (Å²) in [5.74, 6) is 1.33. The number of nitrogens with one attached hydrogen (secondary N) is 2. The van der Waals surface area contributed by atoms with E-state index in [0.29, 0.717) is 37.8 Å². The summed E-state index contributed by atoms with van der Waals surface area (Å²) in [6, 6.07) is 19.9. The Morgan fingerprint density at radius 1 is 0.621 bits per heavy atom. The summed E-state index contributed by atoms with van der Waals surface area (Å²) in [4.78, 5) is 45.3. The lowest BCUT2D eigenvalue weighted by Gasteiger charge is -2.28. The first-order chi connectivity index (χ1) is 27.8. The van der Waals surface area contributed by atoms with Crippen LogP contribution in [0.25, 0.3) is 43.6 Å². The minimum atomic E-state index is -0.627. The Hall–Kier alpha value is -5.82. The van der Waals surface area contributed by atoms with E-state index < -0.39 is 23.4 Å². The third-order valence-corrected chi connectivity index (χ3v) is 9.19. The molecule has 6 aromatic rings. The molecule has 0 radical (unpaired) electrons. The first kappa shape index (κ1) is 41.8. The Bertz CT molecular complexity index is 2200. The number of benzene rings is 2. The van der Waals surface area contributed by atoms with Crippen molar-refractivity contribution in [3.8, 4) is 11.5 Å². The maximum atomic E-state index is 13.0. The predicted molar refractivity (Wildman–Crippen MR) is 227 cm³/mol. The zero-order valence-corrected chi connectivity index (χ0v) is 34.4. The van der Waals surface area contributed by atoms with Crippen LogP contribution in [0.1, 0.15) is 67.2 Å². The van der Waals surface area contributed by atoms with Crippen LogP contribution >= 0.6 is 0 Å². The third-order valence-electron chi connectivity index (χ3n) is 9.19. The van der Waals surface area contributed by atoms with Crippen molar-refractivity contribution >= 4 is 55.8 Å².